The number of hydrogen-bond donors (Lipinski definition) is 4. The van der Waals surface area contributed by atoms with Crippen LogP contribution >= 0.6 is 11.6 Å². The van der Waals surface area contributed by atoms with Crippen LogP contribution in [0.4, 0.5) is 0 Å². The summed E-state index contributed by atoms with van der Waals surface area (Å²) in [5.74, 6) is -0.975. The molecular formula is C9H20ClNO5. The maximum atomic E-state index is 9.57. The zero-order valence-electron chi connectivity index (χ0n) is 9.34. The van der Waals surface area contributed by atoms with Crippen LogP contribution < -0.4 is 0 Å². The minimum atomic E-state index is -0.975. The van der Waals surface area contributed by atoms with Crippen molar-refractivity contribution in [3.05, 3.63) is 0 Å². The van der Waals surface area contributed by atoms with Crippen LogP contribution in [0.25, 0.3) is 0 Å². The van der Waals surface area contributed by atoms with Crippen molar-refractivity contribution in [2.24, 2.45) is 0 Å². The van der Waals surface area contributed by atoms with Gasteiger partial charge in [0.15, 0.2) is 0 Å². The van der Waals surface area contributed by atoms with Crippen molar-refractivity contribution in [3.8, 4) is 0 Å². The van der Waals surface area contributed by atoms with E-state index in [0.717, 1.165) is 0 Å². The average Bonchev–Trinajstić information content (AvgIpc) is 2.19. The molecule has 98 valence electrons. The largest absolute Gasteiger partial charge is 0.480 e. The van der Waals surface area contributed by atoms with Gasteiger partial charge in [-0.25, -0.2) is 0 Å². The number of rotatable bonds is 7. The fraction of sp³-hybridized carbons (Fsp3) is 0.889. The molecule has 0 aromatic heterocycles. The quantitative estimate of drug-likeness (QED) is 0.435. The summed E-state index contributed by atoms with van der Waals surface area (Å²) in [6.45, 7) is 3.16. The molecular weight excluding hydrogens is 238 g/mol. The summed E-state index contributed by atoms with van der Waals surface area (Å²) in [7, 11) is 0. The van der Waals surface area contributed by atoms with E-state index in [0.29, 0.717) is 19.6 Å². The second-order valence-electron chi connectivity index (χ2n) is 2.97. The minimum Gasteiger partial charge on any atom is -0.480 e. The topological polar surface area (TPSA) is 101 Å². The molecule has 16 heavy (non-hydrogen) atoms. The smallest absolute Gasteiger partial charge is 0.321 e. The van der Waals surface area contributed by atoms with E-state index in [-0.39, 0.29) is 19.8 Å². The summed E-state index contributed by atoms with van der Waals surface area (Å²) in [6, 6.07) is 0. The zero-order valence-corrected chi connectivity index (χ0v) is 10.1. The molecule has 7 heteroatoms. The molecule has 0 amide bonds. The van der Waals surface area contributed by atoms with E-state index in [1.165, 1.54) is 6.92 Å². The zero-order chi connectivity index (χ0) is 13.0. The summed E-state index contributed by atoms with van der Waals surface area (Å²) in [5.41, 5.74) is 0. The summed E-state index contributed by atoms with van der Waals surface area (Å²) >= 11 is 5.01. The summed E-state index contributed by atoms with van der Waals surface area (Å²) in [5, 5.41) is 32.6. The SMILES string of the molecule is CC(Cl)C(=O)O.OCCN(CCO)CCO. The van der Waals surface area contributed by atoms with Crippen LogP contribution in [0.15, 0.2) is 0 Å². The van der Waals surface area contributed by atoms with Crippen LogP contribution in [0.1, 0.15) is 6.92 Å². The monoisotopic (exact) mass is 257 g/mol. The normalized spacial score (nSPS) is 11.9. The molecule has 0 spiro atoms. The fourth-order valence-electron chi connectivity index (χ4n) is 0.760. The van der Waals surface area contributed by atoms with Gasteiger partial charge < -0.3 is 20.4 Å². The van der Waals surface area contributed by atoms with Crippen LogP contribution in [0, 0.1) is 0 Å². The number of carboxylic acid groups (broad SMARTS) is 1. The van der Waals surface area contributed by atoms with Crippen molar-refractivity contribution in [1.29, 1.82) is 0 Å². The predicted molar refractivity (Wildman–Crippen MR) is 60.6 cm³/mol. The second-order valence-corrected chi connectivity index (χ2v) is 3.62. The molecule has 0 saturated carbocycles. The van der Waals surface area contributed by atoms with Gasteiger partial charge >= 0.3 is 5.97 Å². The molecule has 0 radical (unpaired) electrons. The molecule has 4 N–H and O–H groups in total. The first-order valence-corrected chi connectivity index (χ1v) is 5.35. The number of hydrogen-bond acceptors (Lipinski definition) is 5. The molecule has 0 aliphatic rings. The first-order chi connectivity index (χ1) is 7.49. The van der Waals surface area contributed by atoms with Crippen LogP contribution in [-0.4, -0.2) is 76.1 Å². The van der Waals surface area contributed by atoms with Gasteiger partial charge in [0.05, 0.1) is 19.8 Å². The van der Waals surface area contributed by atoms with Crippen LogP contribution in [0.2, 0.25) is 0 Å². The second kappa shape index (κ2) is 12.7. The third-order valence-corrected chi connectivity index (χ3v) is 1.78. The Bertz CT molecular complexity index is 154. The number of halogens is 1. The van der Waals surface area contributed by atoms with E-state index in [2.05, 4.69) is 0 Å². The molecule has 1 atom stereocenters. The maximum absolute atomic E-state index is 9.57. The first-order valence-electron chi connectivity index (χ1n) is 4.91. The standard InChI is InChI=1S/C6H15NO3.C3H5ClO2/c8-4-1-7(2-5-9)3-6-10;1-2(4)3(5)6/h8-10H,1-6H2;2H,1H3,(H,5,6). The number of aliphatic hydroxyl groups excluding tert-OH is 3. The summed E-state index contributed by atoms with van der Waals surface area (Å²) < 4.78 is 0. The lowest BCUT2D eigenvalue weighted by molar-refractivity contribution is -0.136. The highest BCUT2D eigenvalue weighted by atomic mass is 35.5. The van der Waals surface area contributed by atoms with Gasteiger partial charge in [-0.2, -0.15) is 0 Å². The highest BCUT2D eigenvalue weighted by molar-refractivity contribution is 6.29. The Morgan fingerprint density at radius 1 is 1.12 bits per heavy atom. The van der Waals surface area contributed by atoms with Crippen LogP contribution in [0.3, 0.4) is 0 Å². The molecule has 0 bridgehead atoms. The molecule has 1 unspecified atom stereocenters. The number of nitrogens with zero attached hydrogens (tertiary/aromatic N) is 1. The Kier molecular flexibility index (Phi) is 14.2. The van der Waals surface area contributed by atoms with E-state index in [1.807, 2.05) is 0 Å². The van der Waals surface area contributed by atoms with E-state index >= 15 is 0 Å². The Hall–Kier alpha value is -0.400. The van der Waals surface area contributed by atoms with Gasteiger partial charge in [-0.1, -0.05) is 0 Å². The van der Waals surface area contributed by atoms with Crippen molar-refractivity contribution < 1.29 is 25.2 Å². The van der Waals surface area contributed by atoms with Crippen LogP contribution in [-0.2, 0) is 4.79 Å². The highest BCUT2D eigenvalue weighted by Crippen LogP contribution is 1.89. The lowest BCUT2D eigenvalue weighted by Crippen LogP contribution is -2.32. The Morgan fingerprint density at radius 3 is 1.50 bits per heavy atom. The number of aliphatic carboxylic acids is 1. The van der Waals surface area contributed by atoms with Gasteiger partial charge in [0, 0.05) is 19.6 Å². The summed E-state index contributed by atoms with van der Waals surface area (Å²) in [6.07, 6.45) is 0. The van der Waals surface area contributed by atoms with E-state index in [1.54, 1.807) is 4.90 Å². The molecule has 0 saturated heterocycles. The van der Waals surface area contributed by atoms with Gasteiger partial charge in [-0.3, -0.25) is 9.69 Å². The number of carboxylic acids is 1. The molecule has 0 fully saturated rings. The third-order valence-electron chi connectivity index (χ3n) is 1.59. The van der Waals surface area contributed by atoms with Crippen molar-refractivity contribution in [2.45, 2.75) is 12.3 Å². The Morgan fingerprint density at radius 2 is 1.38 bits per heavy atom. The van der Waals surface area contributed by atoms with Crippen LogP contribution in [0.5, 0.6) is 0 Å². The lowest BCUT2D eigenvalue weighted by atomic mass is 10.4. The van der Waals surface area contributed by atoms with Crippen molar-refractivity contribution in [2.75, 3.05) is 39.5 Å². The molecule has 0 aliphatic heterocycles. The minimum absolute atomic E-state index is 0.0694. The average molecular weight is 258 g/mol. The van der Waals surface area contributed by atoms with E-state index < -0.39 is 11.3 Å². The molecule has 0 rings (SSSR count). The van der Waals surface area contributed by atoms with Gasteiger partial charge in [-0.05, 0) is 6.92 Å². The fourth-order valence-corrected chi connectivity index (χ4v) is 0.760. The molecule has 0 heterocycles. The van der Waals surface area contributed by atoms with Crippen molar-refractivity contribution in [3.63, 3.8) is 0 Å². The van der Waals surface area contributed by atoms with E-state index in [4.69, 9.17) is 32.0 Å². The van der Waals surface area contributed by atoms with E-state index in [9.17, 15) is 4.79 Å². The molecule has 0 aromatic rings. The summed E-state index contributed by atoms with van der Waals surface area (Å²) in [4.78, 5) is 11.4. The van der Waals surface area contributed by atoms with Crippen molar-refractivity contribution >= 4 is 17.6 Å². The molecule has 0 aromatic carbocycles. The van der Waals surface area contributed by atoms with Gasteiger partial charge in [0.2, 0.25) is 0 Å². The molecule has 6 nitrogen and oxygen atoms in total. The Labute approximate surface area is 100 Å². The number of aliphatic hydroxyl groups is 3. The predicted octanol–water partition coefficient (Wildman–Crippen LogP) is -1.04. The number of alkyl halides is 1. The van der Waals surface area contributed by atoms with Gasteiger partial charge in [-0.15, -0.1) is 11.6 Å². The van der Waals surface area contributed by atoms with Gasteiger partial charge in [0.1, 0.15) is 5.38 Å². The first kappa shape index (κ1) is 18.0. The highest BCUT2D eigenvalue weighted by Gasteiger charge is 2.02. The Balaban J connectivity index is 0. The third kappa shape index (κ3) is 13.6. The van der Waals surface area contributed by atoms with Crippen molar-refractivity contribution in [1.82, 2.24) is 4.90 Å². The molecule has 0 aliphatic carbocycles. The lowest BCUT2D eigenvalue weighted by Gasteiger charge is -2.17. The maximum Gasteiger partial charge on any atom is 0.321 e. The number of carbonyl (C=O) groups is 1. The van der Waals surface area contributed by atoms with Gasteiger partial charge in [0.25, 0.3) is 0 Å².